The number of hydrogen-bond acceptors (Lipinski definition) is 4. The summed E-state index contributed by atoms with van der Waals surface area (Å²) >= 11 is 36.1. The number of methoxy groups -OCH3 is 1. The molecule has 1 aliphatic rings. The Balaban J connectivity index is 2.57. The van der Waals surface area contributed by atoms with Gasteiger partial charge in [-0.05, 0) is 11.6 Å². The summed E-state index contributed by atoms with van der Waals surface area (Å²) in [7, 11) is 1.37. The van der Waals surface area contributed by atoms with Crippen molar-refractivity contribution in [1.29, 1.82) is 0 Å². The van der Waals surface area contributed by atoms with Gasteiger partial charge in [0.2, 0.25) is 13.2 Å². The molecule has 0 amide bonds. The summed E-state index contributed by atoms with van der Waals surface area (Å²) in [6, 6.07) is 9.34. The van der Waals surface area contributed by atoms with E-state index in [0.717, 1.165) is 5.56 Å². The van der Waals surface area contributed by atoms with Gasteiger partial charge in [0, 0.05) is 0 Å². The second-order valence-electron chi connectivity index (χ2n) is 4.67. The summed E-state index contributed by atoms with van der Waals surface area (Å²) in [6.45, 7) is 0. The largest absolute Gasteiger partial charge is 0.468 e. The number of nitrogens with one attached hydrogen (secondary N) is 1. The Morgan fingerprint density at radius 1 is 1.04 bits per heavy atom. The Morgan fingerprint density at radius 3 is 2.17 bits per heavy atom. The standard InChI is InChI=1S/C14H11Cl6N3O/c1-24-11-21-10(13(15,16)17)22-12(23-11,14(18,19)20)8-7-9-5-3-2-4-6-9/h2-8H,1H3,(H,21,22,23)/b8-7+. The van der Waals surface area contributed by atoms with Gasteiger partial charge in [0.15, 0.2) is 5.84 Å². The van der Waals surface area contributed by atoms with E-state index >= 15 is 0 Å². The molecule has 1 aromatic rings. The minimum absolute atomic E-state index is 0.00429. The molecule has 1 aliphatic heterocycles. The summed E-state index contributed by atoms with van der Waals surface area (Å²) in [5.41, 5.74) is -0.826. The number of alkyl halides is 6. The number of ether oxygens (including phenoxy) is 1. The molecule has 0 saturated carbocycles. The summed E-state index contributed by atoms with van der Waals surface area (Å²) in [4.78, 5) is 8.45. The molecule has 130 valence electrons. The molecule has 0 aliphatic carbocycles. The molecule has 0 radical (unpaired) electrons. The van der Waals surface area contributed by atoms with Crippen molar-refractivity contribution in [3.63, 3.8) is 0 Å². The third kappa shape index (κ3) is 4.63. The van der Waals surface area contributed by atoms with Gasteiger partial charge in [0.05, 0.1) is 7.11 Å². The Morgan fingerprint density at radius 2 is 1.67 bits per heavy atom. The van der Waals surface area contributed by atoms with Gasteiger partial charge >= 0.3 is 0 Å². The lowest BCUT2D eigenvalue weighted by Crippen LogP contribution is -2.51. The molecule has 4 nitrogen and oxygen atoms in total. The van der Waals surface area contributed by atoms with Crippen molar-refractivity contribution < 1.29 is 4.74 Å². The van der Waals surface area contributed by atoms with Crippen LogP contribution in [0, 0.1) is 0 Å². The summed E-state index contributed by atoms with van der Waals surface area (Å²) in [5.74, 6) is -0.0802. The van der Waals surface area contributed by atoms with Crippen molar-refractivity contribution >= 4 is 87.5 Å². The predicted molar refractivity (Wildman–Crippen MR) is 104 cm³/mol. The van der Waals surface area contributed by atoms with Gasteiger partial charge in [-0.1, -0.05) is 106 Å². The van der Waals surface area contributed by atoms with Crippen LogP contribution in [0.1, 0.15) is 5.56 Å². The van der Waals surface area contributed by atoms with Gasteiger partial charge in [-0.25, -0.2) is 4.99 Å². The Labute approximate surface area is 169 Å². The van der Waals surface area contributed by atoms with Gasteiger partial charge in [-0.15, -0.1) is 0 Å². The van der Waals surface area contributed by atoms with E-state index in [9.17, 15) is 0 Å². The van der Waals surface area contributed by atoms with Crippen molar-refractivity contribution in [3.05, 3.63) is 42.0 Å². The molecule has 1 aromatic carbocycles. The first-order valence-electron chi connectivity index (χ1n) is 6.46. The lowest BCUT2D eigenvalue weighted by Gasteiger charge is -2.35. The van der Waals surface area contributed by atoms with Crippen LogP contribution in [-0.2, 0) is 4.74 Å². The molecule has 1 N–H and O–H groups in total. The zero-order chi connectivity index (χ0) is 18.0. The average Bonchev–Trinajstić information content (AvgIpc) is 2.51. The lowest BCUT2D eigenvalue weighted by molar-refractivity contribution is 0.372. The molecule has 0 fully saturated rings. The zero-order valence-electron chi connectivity index (χ0n) is 12.1. The predicted octanol–water partition coefficient (Wildman–Crippen LogP) is 5.14. The van der Waals surface area contributed by atoms with E-state index in [1.165, 1.54) is 13.2 Å². The summed E-state index contributed by atoms with van der Waals surface area (Å²) < 4.78 is 1.24. The Hall–Kier alpha value is -0.360. The number of hydrogen-bond donors (Lipinski definition) is 1. The Bertz CT molecular complexity index is 678. The highest BCUT2D eigenvalue weighted by molar-refractivity contribution is 6.77. The summed E-state index contributed by atoms with van der Waals surface area (Å²) in [6.07, 6.45) is 3.20. The SMILES string of the molecule is COC1=NC(/C=C/c2ccccc2)(C(Cl)(Cl)Cl)N=C(C(Cl)(Cl)Cl)N1. The first-order chi connectivity index (χ1) is 11.1. The van der Waals surface area contributed by atoms with Crippen LogP contribution in [0.3, 0.4) is 0 Å². The van der Waals surface area contributed by atoms with E-state index < -0.39 is 13.2 Å². The van der Waals surface area contributed by atoms with Crippen LogP contribution in [0.4, 0.5) is 0 Å². The first kappa shape index (κ1) is 20.0. The molecular formula is C14H11Cl6N3O. The van der Waals surface area contributed by atoms with Gasteiger partial charge in [-0.3, -0.25) is 5.32 Å². The first-order valence-corrected chi connectivity index (χ1v) is 8.73. The minimum atomic E-state index is -1.97. The number of halogens is 6. The van der Waals surface area contributed by atoms with Gasteiger partial charge in [0.25, 0.3) is 6.02 Å². The maximum atomic E-state index is 6.13. The second-order valence-corrected chi connectivity index (χ2v) is 9.23. The van der Waals surface area contributed by atoms with Gasteiger partial charge < -0.3 is 4.74 Å². The fourth-order valence-electron chi connectivity index (χ4n) is 1.81. The molecule has 1 unspecified atom stereocenters. The number of benzene rings is 1. The highest BCUT2D eigenvalue weighted by atomic mass is 35.6. The highest BCUT2D eigenvalue weighted by Crippen LogP contribution is 2.45. The van der Waals surface area contributed by atoms with E-state index in [2.05, 4.69) is 15.3 Å². The third-order valence-corrected chi connectivity index (χ3v) is 4.34. The van der Waals surface area contributed by atoms with Crippen LogP contribution in [0.25, 0.3) is 6.08 Å². The van der Waals surface area contributed by atoms with E-state index in [0.29, 0.717) is 0 Å². The van der Waals surface area contributed by atoms with Crippen molar-refractivity contribution in [2.45, 2.75) is 13.2 Å². The maximum absolute atomic E-state index is 6.13. The minimum Gasteiger partial charge on any atom is -0.468 e. The maximum Gasteiger partial charge on any atom is 0.292 e. The molecule has 0 aromatic heterocycles. The van der Waals surface area contributed by atoms with Crippen LogP contribution in [0.2, 0.25) is 0 Å². The van der Waals surface area contributed by atoms with Gasteiger partial charge in [-0.2, -0.15) is 4.99 Å². The molecule has 10 heteroatoms. The fourth-order valence-corrected chi connectivity index (χ4v) is 2.52. The van der Waals surface area contributed by atoms with Crippen LogP contribution in [0.5, 0.6) is 0 Å². The van der Waals surface area contributed by atoms with Crippen molar-refractivity contribution in [1.82, 2.24) is 5.32 Å². The molecule has 1 atom stereocenters. The quantitative estimate of drug-likeness (QED) is 0.635. The summed E-state index contributed by atoms with van der Waals surface area (Å²) in [5, 5.41) is 2.64. The molecule has 0 bridgehead atoms. The number of nitrogens with zero attached hydrogens (tertiary/aromatic N) is 2. The van der Waals surface area contributed by atoms with Crippen molar-refractivity contribution in [2.75, 3.05) is 7.11 Å². The Kier molecular flexibility index (Phi) is 6.22. The molecular weight excluding hydrogens is 439 g/mol. The van der Waals surface area contributed by atoms with Crippen LogP contribution in [0.15, 0.2) is 46.4 Å². The topological polar surface area (TPSA) is 46.0 Å². The van der Waals surface area contributed by atoms with E-state index in [4.69, 9.17) is 74.3 Å². The number of rotatable bonds is 2. The highest BCUT2D eigenvalue weighted by Gasteiger charge is 2.51. The second kappa shape index (κ2) is 7.48. The zero-order valence-corrected chi connectivity index (χ0v) is 16.6. The third-order valence-electron chi connectivity index (χ3n) is 2.97. The van der Waals surface area contributed by atoms with Gasteiger partial charge in [0.1, 0.15) is 0 Å². The number of amidine groups is 2. The normalized spacial score (nSPS) is 22.0. The van der Waals surface area contributed by atoms with E-state index in [-0.39, 0.29) is 11.9 Å². The van der Waals surface area contributed by atoms with E-state index in [1.54, 1.807) is 6.08 Å². The molecule has 0 spiro atoms. The smallest absolute Gasteiger partial charge is 0.292 e. The average molecular weight is 450 g/mol. The molecule has 24 heavy (non-hydrogen) atoms. The molecule has 1 heterocycles. The van der Waals surface area contributed by atoms with Crippen LogP contribution < -0.4 is 5.32 Å². The van der Waals surface area contributed by atoms with E-state index in [1.807, 2.05) is 30.3 Å². The molecule has 2 rings (SSSR count). The molecule has 0 saturated heterocycles. The van der Waals surface area contributed by atoms with Crippen LogP contribution >= 0.6 is 69.6 Å². The monoisotopic (exact) mass is 447 g/mol. The van der Waals surface area contributed by atoms with Crippen molar-refractivity contribution in [3.8, 4) is 0 Å². The fraction of sp³-hybridized carbons (Fsp3) is 0.286. The van der Waals surface area contributed by atoms with Crippen LogP contribution in [-0.4, -0.2) is 32.2 Å². The number of aliphatic imine (C=N–C) groups is 2. The van der Waals surface area contributed by atoms with Crippen molar-refractivity contribution in [2.24, 2.45) is 9.98 Å². The lowest BCUT2D eigenvalue weighted by atomic mass is 10.1.